The number of benzene rings is 3. The molecule has 1 amide bonds. The summed E-state index contributed by atoms with van der Waals surface area (Å²) < 4.78 is 10.9. The quantitative estimate of drug-likeness (QED) is 0.462. The van der Waals surface area contributed by atoms with Crippen LogP contribution in [0.5, 0.6) is 11.5 Å². The van der Waals surface area contributed by atoms with Crippen molar-refractivity contribution in [2.24, 2.45) is 4.99 Å². The first kappa shape index (κ1) is 20.3. The summed E-state index contributed by atoms with van der Waals surface area (Å²) >= 11 is 3.04. The van der Waals surface area contributed by atoms with Gasteiger partial charge in [0.25, 0.3) is 5.91 Å². The Morgan fingerprint density at radius 2 is 1.73 bits per heavy atom. The molecule has 0 saturated carbocycles. The molecule has 0 atom stereocenters. The Hall–Kier alpha value is -3.36. The number of carbonyl (C=O) groups excluding carboxylic acids is 1. The molecule has 1 fully saturated rings. The number of thioether (sulfide) groups is 2. The first-order valence-electron chi connectivity index (χ1n) is 10.4. The Labute approximate surface area is 199 Å². The van der Waals surface area contributed by atoms with Crippen LogP contribution in [-0.2, 0) is 11.3 Å². The van der Waals surface area contributed by atoms with Crippen LogP contribution in [0.25, 0.3) is 0 Å². The van der Waals surface area contributed by atoms with Crippen molar-refractivity contribution < 1.29 is 14.3 Å². The Morgan fingerprint density at radius 1 is 0.939 bits per heavy atom. The summed E-state index contributed by atoms with van der Waals surface area (Å²) in [6, 6.07) is 23.7. The zero-order valence-corrected chi connectivity index (χ0v) is 19.4. The van der Waals surface area contributed by atoms with Crippen molar-refractivity contribution in [3.05, 3.63) is 88.3 Å². The molecule has 8 heteroatoms. The molecule has 1 saturated heterocycles. The van der Waals surface area contributed by atoms with E-state index >= 15 is 0 Å². The fourth-order valence-electron chi connectivity index (χ4n) is 3.89. The van der Waals surface area contributed by atoms with Crippen molar-refractivity contribution in [2.75, 3.05) is 18.7 Å². The highest BCUT2D eigenvalue weighted by Gasteiger charge is 2.39. The summed E-state index contributed by atoms with van der Waals surface area (Å²) in [7, 11) is 2.00. The van der Waals surface area contributed by atoms with Gasteiger partial charge in [-0.1, -0.05) is 54.2 Å². The standard InChI is InChI=1S/C25H19N3O3S2/c1-27-18-9-5-6-10-21(18)32-24(27)22-23(29)28(14-16-7-3-2-4-8-16)25(33-22)26-17-11-12-19-20(13-17)31-15-30-19/h2-13H,14-15H2,1H3/b24-22-,26-25?. The lowest BCUT2D eigenvalue weighted by Crippen LogP contribution is -2.29. The Kier molecular flexibility index (Phi) is 5.04. The predicted molar refractivity (Wildman–Crippen MR) is 132 cm³/mol. The fourth-order valence-corrected chi connectivity index (χ4v) is 6.23. The zero-order valence-electron chi connectivity index (χ0n) is 17.7. The number of aliphatic imine (C=N–C) groups is 1. The Bertz CT molecular complexity index is 1320. The number of ether oxygens (including phenoxy) is 2. The predicted octanol–water partition coefficient (Wildman–Crippen LogP) is 5.59. The number of carbonyl (C=O) groups is 1. The van der Waals surface area contributed by atoms with Crippen LogP contribution in [0.1, 0.15) is 5.56 Å². The fraction of sp³-hybridized carbons (Fsp3) is 0.120. The van der Waals surface area contributed by atoms with Gasteiger partial charge in [0.15, 0.2) is 16.7 Å². The Balaban J connectivity index is 1.40. The van der Waals surface area contributed by atoms with Crippen LogP contribution in [0.15, 0.2) is 92.6 Å². The van der Waals surface area contributed by atoms with Gasteiger partial charge >= 0.3 is 0 Å². The van der Waals surface area contributed by atoms with E-state index in [0.717, 1.165) is 26.9 Å². The van der Waals surface area contributed by atoms with E-state index in [2.05, 4.69) is 17.0 Å². The number of fused-ring (bicyclic) bond motifs is 2. The lowest BCUT2D eigenvalue weighted by atomic mass is 10.2. The number of hydrogen-bond acceptors (Lipinski definition) is 7. The van der Waals surface area contributed by atoms with Crippen LogP contribution in [0.4, 0.5) is 11.4 Å². The second kappa shape index (κ2) is 8.20. The number of anilines is 1. The molecule has 6 rings (SSSR count). The van der Waals surface area contributed by atoms with Gasteiger partial charge in [-0.25, -0.2) is 4.99 Å². The molecule has 3 heterocycles. The maximum atomic E-state index is 13.7. The zero-order chi connectivity index (χ0) is 22.4. The normalized spacial score (nSPS) is 20.2. The summed E-state index contributed by atoms with van der Waals surface area (Å²) in [5, 5.41) is 1.58. The van der Waals surface area contributed by atoms with Crippen LogP contribution in [0.2, 0.25) is 0 Å². The molecular weight excluding hydrogens is 454 g/mol. The average molecular weight is 474 g/mol. The van der Waals surface area contributed by atoms with Crippen molar-refractivity contribution in [3.8, 4) is 11.5 Å². The monoisotopic (exact) mass is 473 g/mol. The molecule has 0 radical (unpaired) electrons. The van der Waals surface area contributed by atoms with Crippen molar-refractivity contribution in [1.82, 2.24) is 4.90 Å². The molecule has 0 bridgehead atoms. The minimum Gasteiger partial charge on any atom is -0.454 e. The van der Waals surface area contributed by atoms with Crippen molar-refractivity contribution in [3.63, 3.8) is 0 Å². The molecule has 3 aromatic rings. The minimum absolute atomic E-state index is 0.0366. The van der Waals surface area contributed by atoms with Gasteiger partial charge in [0, 0.05) is 18.0 Å². The topological polar surface area (TPSA) is 54.4 Å². The third-order valence-corrected chi connectivity index (χ3v) is 7.99. The van der Waals surface area contributed by atoms with E-state index in [4.69, 9.17) is 14.5 Å². The second-order valence-electron chi connectivity index (χ2n) is 7.67. The average Bonchev–Trinajstić information content (AvgIpc) is 3.52. The van der Waals surface area contributed by atoms with Gasteiger partial charge in [0.1, 0.15) is 4.91 Å². The van der Waals surface area contributed by atoms with E-state index in [1.807, 2.05) is 67.7 Å². The van der Waals surface area contributed by atoms with Gasteiger partial charge in [-0.15, -0.1) is 0 Å². The molecule has 3 aliphatic rings. The number of rotatable bonds is 3. The van der Waals surface area contributed by atoms with Crippen LogP contribution in [0.3, 0.4) is 0 Å². The van der Waals surface area contributed by atoms with Crippen LogP contribution in [0, 0.1) is 0 Å². The lowest BCUT2D eigenvalue weighted by molar-refractivity contribution is -0.122. The van der Waals surface area contributed by atoms with Gasteiger partial charge in [0.2, 0.25) is 6.79 Å². The summed E-state index contributed by atoms with van der Waals surface area (Å²) in [6.07, 6.45) is 0. The van der Waals surface area contributed by atoms with E-state index in [1.165, 1.54) is 11.8 Å². The third-order valence-electron chi connectivity index (χ3n) is 5.56. The Morgan fingerprint density at radius 3 is 2.58 bits per heavy atom. The third kappa shape index (κ3) is 3.65. The van der Waals surface area contributed by atoms with E-state index in [9.17, 15) is 4.79 Å². The molecule has 3 aliphatic heterocycles. The highest BCUT2D eigenvalue weighted by atomic mass is 32.2. The first-order valence-corrected chi connectivity index (χ1v) is 12.1. The van der Waals surface area contributed by atoms with Crippen LogP contribution < -0.4 is 14.4 Å². The molecular formula is C25H19N3O3S2. The van der Waals surface area contributed by atoms with E-state index in [0.29, 0.717) is 28.1 Å². The SMILES string of the molecule is CN1/C(=C2/SC(=Nc3ccc4c(c3)OCO4)N(Cc3ccccc3)C2=O)Sc2ccccc21. The van der Waals surface area contributed by atoms with Crippen molar-refractivity contribution >= 4 is 46.0 Å². The number of para-hydroxylation sites is 1. The molecule has 0 aromatic heterocycles. The molecule has 164 valence electrons. The molecule has 0 unspecified atom stereocenters. The molecule has 3 aromatic carbocycles. The van der Waals surface area contributed by atoms with Gasteiger partial charge in [-0.2, -0.15) is 0 Å². The molecule has 0 N–H and O–H groups in total. The molecule has 6 nitrogen and oxygen atoms in total. The smallest absolute Gasteiger partial charge is 0.269 e. The van der Waals surface area contributed by atoms with Gasteiger partial charge in [-0.3, -0.25) is 9.69 Å². The van der Waals surface area contributed by atoms with Gasteiger partial charge in [-0.05, 0) is 41.6 Å². The van der Waals surface area contributed by atoms with Gasteiger partial charge in [0.05, 0.1) is 22.9 Å². The number of amidine groups is 1. The first-order chi connectivity index (χ1) is 16.2. The molecule has 33 heavy (non-hydrogen) atoms. The van der Waals surface area contributed by atoms with Gasteiger partial charge < -0.3 is 14.4 Å². The summed E-state index contributed by atoms with van der Waals surface area (Å²) in [5.74, 6) is 1.34. The second-order valence-corrected chi connectivity index (χ2v) is 9.68. The van der Waals surface area contributed by atoms with Crippen molar-refractivity contribution in [2.45, 2.75) is 11.4 Å². The molecule has 0 aliphatic carbocycles. The number of hydrogen-bond donors (Lipinski definition) is 0. The van der Waals surface area contributed by atoms with Crippen LogP contribution >= 0.6 is 23.5 Å². The summed E-state index contributed by atoms with van der Waals surface area (Å²) in [6.45, 7) is 0.664. The molecule has 0 spiro atoms. The number of nitrogens with zero attached hydrogens (tertiary/aromatic N) is 3. The van der Waals surface area contributed by atoms with E-state index < -0.39 is 0 Å². The summed E-state index contributed by atoms with van der Waals surface area (Å²) in [4.78, 5) is 24.2. The highest BCUT2D eigenvalue weighted by Crippen LogP contribution is 2.50. The van der Waals surface area contributed by atoms with Crippen LogP contribution in [-0.4, -0.2) is 29.8 Å². The lowest BCUT2D eigenvalue weighted by Gasteiger charge is -2.17. The maximum Gasteiger partial charge on any atom is 0.269 e. The minimum atomic E-state index is -0.0366. The van der Waals surface area contributed by atoms with Crippen molar-refractivity contribution in [1.29, 1.82) is 0 Å². The highest BCUT2D eigenvalue weighted by molar-refractivity contribution is 8.19. The summed E-state index contributed by atoms with van der Waals surface area (Å²) in [5.41, 5.74) is 2.87. The maximum absolute atomic E-state index is 13.7. The van der Waals surface area contributed by atoms with E-state index in [-0.39, 0.29) is 12.7 Å². The number of amides is 1. The van der Waals surface area contributed by atoms with E-state index in [1.54, 1.807) is 16.7 Å². The largest absolute Gasteiger partial charge is 0.454 e.